The number of unbranched alkanes of at least 4 members (excludes halogenated alkanes) is 1. The lowest BCUT2D eigenvalue weighted by atomic mass is 10.0. The molecule has 162 valence electrons. The third-order valence-electron chi connectivity index (χ3n) is 5.30. The first-order valence-corrected chi connectivity index (χ1v) is 11.2. The summed E-state index contributed by atoms with van der Waals surface area (Å²) in [5.74, 6) is -0.154. The van der Waals surface area contributed by atoms with Gasteiger partial charge in [0.25, 0.3) is 0 Å². The molecule has 2 rings (SSSR count). The summed E-state index contributed by atoms with van der Waals surface area (Å²) in [5.41, 5.74) is 3.32. The van der Waals surface area contributed by atoms with Gasteiger partial charge in [-0.2, -0.15) is 0 Å². The van der Waals surface area contributed by atoms with Gasteiger partial charge in [0.05, 0.1) is 0 Å². The van der Waals surface area contributed by atoms with Crippen LogP contribution in [0.2, 0.25) is 5.02 Å². The summed E-state index contributed by atoms with van der Waals surface area (Å²) < 4.78 is 0. The molecular formula is C25H33ClN2O2. The number of aryl methyl sites for hydroxylation is 2. The maximum absolute atomic E-state index is 13.1. The Morgan fingerprint density at radius 3 is 2.37 bits per heavy atom. The van der Waals surface area contributed by atoms with E-state index in [1.165, 1.54) is 5.56 Å². The lowest BCUT2D eigenvalue weighted by molar-refractivity contribution is -0.140. The molecule has 1 N–H and O–H groups in total. The Balaban J connectivity index is 2.09. The third-order valence-corrected chi connectivity index (χ3v) is 5.53. The SMILES string of the molecule is CCCCNC(=O)C(C)N(Cc1cccc(Cl)c1)C(=O)CCc1ccc(CC)cc1. The first-order valence-electron chi connectivity index (χ1n) is 10.8. The van der Waals surface area contributed by atoms with E-state index in [9.17, 15) is 9.59 Å². The smallest absolute Gasteiger partial charge is 0.242 e. The van der Waals surface area contributed by atoms with E-state index < -0.39 is 6.04 Å². The molecule has 0 aliphatic rings. The van der Waals surface area contributed by atoms with Crippen LogP contribution < -0.4 is 5.32 Å². The standard InChI is InChI=1S/C25H33ClN2O2/c1-4-6-16-27-25(30)19(3)28(18-22-8-7-9-23(26)17-22)24(29)15-14-21-12-10-20(5-2)11-13-21/h7-13,17,19H,4-6,14-16,18H2,1-3H3,(H,27,30). The summed E-state index contributed by atoms with van der Waals surface area (Å²) in [6.45, 7) is 6.98. The van der Waals surface area contributed by atoms with Gasteiger partial charge in [0, 0.05) is 24.5 Å². The van der Waals surface area contributed by atoms with Crippen molar-refractivity contribution in [3.63, 3.8) is 0 Å². The minimum atomic E-state index is -0.546. The van der Waals surface area contributed by atoms with Crippen molar-refractivity contribution in [3.05, 3.63) is 70.2 Å². The Bertz CT molecular complexity index is 820. The van der Waals surface area contributed by atoms with Crippen molar-refractivity contribution < 1.29 is 9.59 Å². The van der Waals surface area contributed by atoms with Crippen molar-refractivity contribution in [1.29, 1.82) is 0 Å². The fourth-order valence-electron chi connectivity index (χ4n) is 3.29. The highest BCUT2D eigenvalue weighted by atomic mass is 35.5. The van der Waals surface area contributed by atoms with E-state index in [1.54, 1.807) is 17.9 Å². The molecule has 4 nitrogen and oxygen atoms in total. The van der Waals surface area contributed by atoms with Crippen LogP contribution in [-0.4, -0.2) is 29.3 Å². The zero-order valence-corrected chi connectivity index (χ0v) is 19.0. The second-order valence-corrected chi connectivity index (χ2v) is 8.08. The molecule has 0 spiro atoms. The van der Waals surface area contributed by atoms with E-state index in [-0.39, 0.29) is 11.8 Å². The lowest BCUT2D eigenvalue weighted by Gasteiger charge is -2.29. The molecule has 2 aromatic rings. The fourth-order valence-corrected chi connectivity index (χ4v) is 3.50. The van der Waals surface area contributed by atoms with Crippen molar-refractivity contribution in [2.24, 2.45) is 0 Å². The van der Waals surface area contributed by atoms with Gasteiger partial charge in [-0.3, -0.25) is 9.59 Å². The van der Waals surface area contributed by atoms with Crippen LogP contribution >= 0.6 is 11.6 Å². The topological polar surface area (TPSA) is 49.4 Å². The summed E-state index contributed by atoms with van der Waals surface area (Å²) in [5, 5.41) is 3.56. The van der Waals surface area contributed by atoms with Crippen molar-refractivity contribution in [2.75, 3.05) is 6.54 Å². The second-order valence-electron chi connectivity index (χ2n) is 7.64. The molecule has 1 unspecified atom stereocenters. The monoisotopic (exact) mass is 428 g/mol. The van der Waals surface area contributed by atoms with Crippen LogP contribution in [0, 0.1) is 0 Å². The molecule has 30 heavy (non-hydrogen) atoms. The quantitative estimate of drug-likeness (QED) is 0.502. The van der Waals surface area contributed by atoms with Crippen molar-refractivity contribution in [3.8, 4) is 0 Å². The molecule has 5 heteroatoms. The van der Waals surface area contributed by atoms with Crippen molar-refractivity contribution in [2.45, 2.75) is 65.5 Å². The number of hydrogen-bond acceptors (Lipinski definition) is 2. The van der Waals surface area contributed by atoms with Gasteiger partial charge in [0.1, 0.15) is 6.04 Å². The Morgan fingerprint density at radius 2 is 1.73 bits per heavy atom. The normalized spacial score (nSPS) is 11.7. The van der Waals surface area contributed by atoms with Crippen LogP contribution in [0.25, 0.3) is 0 Å². The molecule has 0 aliphatic heterocycles. The average molecular weight is 429 g/mol. The van der Waals surface area contributed by atoms with Crippen LogP contribution in [-0.2, 0) is 29.0 Å². The van der Waals surface area contributed by atoms with E-state index in [0.29, 0.717) is 31.0 Å². The maximum atomic E-state index is 13.1. The number of halogens is 1. The highest BCUT2D eigenvalue weighted by molar-refractivity contribution is 6.30. The number of carbonyl (C=O) groups excluding carboxylic acids is 2. The Morgan fingerprint density at radius 1 is 1.03 bits per heavy atom. The van der Waals surface area contributed by atoms with Crippen LogP contribution in [0.5, 0.6) is 0 Å². The Hall–Kier alpha value is -2.33. The number of carbonyl (C=O) groups is 2. The molecule has 1 atom stereocenters. The first-order chi connectivity index (χ1) is 14.4. The van der Waals surface area contributed by atoms with Crippen molar-refractivity contribution in [1.82, 2.24) is 10.2 Å². The zero-order chi connectivity index (χ0) is 21.9. The number of hydrogen-bond donors (Lipinski definition) is 1. The Labute approximate surface area is 185 Å². The summed E-state index contributed by atoms with van der Waals surface area (Å²) in [7, 11) is 0. The average Bonchev–Trinajstić information content (AvgIpc) is 2.75. The molecule has 0 saturated carbocycles. The molecule has 0 radical (unpaired) electrons. The van der Waals surface area contributed by atoms with E-state index in [0.717, 1.165) is 30.4 Å². The van der Waals surface area contributed by atoms with Gasteiger partial charge in [0.2, 0.25) is 11.8 Å². The van der Waals surface area contributed by atoms with Gasteiger partial charge in [-0.05, 0) is 55.0 Å². The first kappa shape index (κ1) is 23.9. The highest BCUT2D eigenvalue weighted by Crippen LogP contribution is 2.16. The summed E-state index contributed by atoms with van der Waals surface area (Å²) in [6, 6.07) is 15.3. The maximum Gasteiger partial charge on any atom is 0.242 e. The molecule has 0 saturated heterocycles. The lowest BCUT2D eigenvalue weighted by Crippen LogP contribution is -2.47. The number of rotatable bonds is 11. The third kappa shape index (κ3) is 7.49. The minimum absolute atomic E-state index is 0.0346. The van der Waals surface area contributed by atoms with E-state index >= 15 is 0 Å². The molecule has 0 fully saturated rings. The molecular weight excluding hydrogens is 396 g/mol. The van der Waals surface area contributed by atoms with Gasteiger partial charge in [-0.1, -0.05) is 68.3 Å². The summed E-state index contributed by atoms with van der Waals surface area (Å²) >= 11 is 6.12. The molecule has 0 heterocycles. The molecule has 0 bridgehead atoms. The van der Waals surface area contributed by atoms with Gasteiger partial charge in [-0.15, -0.1) is 0 Å². The van der Waals surface area contributed by atoms with Crippen LogP contribution in [0.1, 0.15) is 56.7 Å². The van der Waals surface area contributed by atoms with E-state index in [2.05, 4.69) is 43.4 Å². The largest absolute Gasteiger partial charge is 0.354 e. The van der Waals surface area contributed by atoms with Gasteiger partial charge in [0.15, 0.2) is 0 Å². The van der Waals surface area contributed by atoms with Gasteiger partial charge < -0.3 is 10.2 Å². The summed E-state index contributed by atoms with van der Waals surface area (Å²) in [4.78, 5) is 27.4. The Kier molecular flexibility index (Phi) is 9.88. The molecule has 2 aromatic carbocycles. The minimum Gasteiger partial charge on any atom is -0.354 e. The number of amides is 2. The van der Waals surface area contributed by atoms with E-state index in [4.69, 9.17) is 11.6 Å². The number of nitrogens with one attached hydrogen (secondary N) is 1. The van der Waals surface area contributed by atoms with Crippen LogP contribution in [0.3, 0.4) is 0 Å². The zero-order valence-electron chi connectivity index (χ0n) is 18.3. The van der Waals surface area contributed by atoms with Crippen molar-refractivity contribution >= 4 is 23.4 Å². The van der Waals surface area contributed by atoms with Crippen LogP contribution in [0.15, 0.2) is 48.5 Å². The molecule has 0 aromatic heterocycles. The predicted octanol–water partition coefficient (Wildman–Crippen LogP) is 5.17. The van der Waals surface area contributed by atoms with E-state index in [1.807, 2.05) is 18.2 Å². The predicted molar refractivity (Wildman–Crippen MR) is 124 cm³/mol. The second kappa shape index (κ2) is 12.4. The van der Waals surface area contributed by atoms with Gasteiger partial charge >= 0.3 is 0 Å². The molecule has 0 aliphatic carbocycles. The van der Waals surface area contributed by atoms with Gasteiger partial charge in [-0.25, -0.2) is 0 Å². The molecule has 2 amide bonds. The summed E-state index contributed by atoms with van der Waals surface area (Å²) in [6.07, 6.45) is 3.94. The number of nitrogens with zero attached hydrogens (tertiary/aromatic N) is 1. The fraction of sp³-hybridized carbons (Fsp3) is 0.440. The van der Waals surface area contributed by atoms with Crippen LogP contribution in [0.4, 0.5) is 0 Å². The number of benzene rings is 2. The highest BCUT2D eigenvalue weighted by Gasteiger charge is 2.25.